The molecule has 0 nitrogen and oxygen atoms in total. The summed E-state index contributed by atoms with van der Waals surface area (Å²) in [7, 11) is 0. The monoisotopic (exact) mass is 490 g/mol. The molecule has 0 radical (unpaired) electrons. The van der Waals surface area contributed by atoms with Gasteiger partial charge in [-0.3, -0.25) is 0 Å². The van der Waals surface area contributed by atoms with Gasteiger partial charge in [0.05, 0.1) is 5.56 Å². The van der Waals surface area contributed by atoms with Crippen molar-refractivity contribution in [1.82, 2.24) is 0 Å². The predicted octanol–water partition coefficient (Wildman–Crippen LogP) is 9.15. The van der Waals surface area contributed by atoms with E-state index in [0.29, 0.717) is 23.3 Å². The van der Waals surface area contributed by atoms with Crippen molar-refractivity contribution in [2.24, 2.45) is 0 Å². The second-order valence-corrected chi connectivity index (χ2v) is 7.69. The van der Waals surface area contributed by atoms with Crippen LogP contribution >= 0.6 is 0 Å². The maximum absolute atomic E-state index is 14.9. The summed E-state index contributed by atoms with van der Waals surface area (Å²) < 4.78 is 111. The molecule has 0 aliphatic carbocycles. The average Bonchev–Trinajstić information content (AvgIpc) is 2.81. The van der Waals surface area contributed by atoms with Gasteiger partial charge in [0, 0.05) is 11.1 Å². The highest BCUT2D eigenvalue weighted by molar-refractivity contribution is 5.75. The highest BCUT2D eigenvalue weighted by Crippen LogP contribution is 2.35. The van der Waals surface area contributed by atoms with E-state index in [2.05, 4.69) is 0 Å². The van der Waals surface area contributed by atoms with Crippen LogP contribution in [-0.2, 0) is 0 Å². The molecule has 8 heteroatoms. The molecule has 0 unspecified atom stereocenters. The van der Waals surface area contributed by atoms with Gasteiger partial charge in [0.15, 0.2) is 23.3 Å². The standard InChI is InChI=1S/C27H14F8/c1-13(28)26(34)15-4-2-14(3-5-15)16-6-7-19(20(29)8-16)17-9-21(30)25(22(31)10-17)18-11-23(32)27(35)24(33)12-18/h2-12H,1H3. The lowest BCUT2D eigenvalue weighted by Gasteiger charge is -2.11. The van der Waals surface area contributed by atoms with Crippen LogP contribution in [0.25, 0.3) is 39.2 Å². The van der Waals surface area contributed by atoms with Crippen LogP contribution in [-0.4, -0.2) is 0 Å². The van der Waals surface area contributed by atoms with Gasteiger partial charge in [-0.2, -0.15) is 0 Å². The summed E-state index contributed by atoms with van der Waals surface area (Å²) in [5.41, 5.74) is -0.835. The molecular weight excluding hydrogens is 476 g/mol. The number of rotatable bonds is 4. The summed E-state index contributed by atoms with van der Waals surface area (Å²) in [5.74, 6) is -10.3. The lowest BCUT2D eigenvalue weighted by Crippen LogP contribution is -1.97. The average molecular weight is 490 g/mol. The highest BCUT2D eigenvalue weighted by atomic mass is 19.2. The Labute approximate surface area is 194 Å². The Kier molecular flexibility index (Phi) is 6.47. The molecule has 0 amide bonds. The van der Waals surface area contributed by atoms with Gasteiger partial charge >= 0.3 is 0 Å². The first-order valence-corrected chi connectivity index (χ1v) is 10.1. The quantitative estimate of drug-likeness (QED) is 0.198. The Balaban J connectivity index is 1.69. The molecule has 0 aliphatic heterocycles. The molecule has 4 rings (SSSR count). The molecule has 0 fully saturated rings. The zero-order valence-electron chi connectivity index (χ0n) is 17.9. The van der Waals surface area contributed by atoms with Gasteiger partial charge < -0.3 is 0 Å². The molecule has 0 heterocycles. The normalized spacial score (nSPS) is 12.0. The molecule has 178 valence electrons. The smallest absolute Gasteiger partial charge is 0.194 e. The molecule has 0 atom stereocenters. The number of allylic oxidation sites excluding steroid dienone is 1. The topological polar surface area (TPSA) is 0 Å². The van der Waals surface area contributed by atoms with Gasteiger partial charge in [-0.05, 0) is 59.5 Å². The van der Waals surface area contributed by atoms with Crippen molar-refractivity contribution in [1.29, 1.82) is 0 Å². The van der Waals surface area contributed by atoms with Crippen molar-refractivity contribution in [2.45, 2.75) is 6.92 Å². The Morgan fingerprint density at radius 3 is 1.51 bits per heavy atom. The first-order chi connectivity index (χ1) is 16.6. The third kappa shape index (κ3) is 4.69. The predicted molar refractivity (Wildman–Crippen MR) is 117 cm³/mol. The van der Waals surface area contributed by atoms with Gasteiger partial charge in [0.1, 0.15) is 23.3 Å². The summed E-state index contributed by atoms with van der Waals surface area (Å²) >= 11 is 0. The zero-order chi connectivity index (χ0) is 25.4. The molecular formula is C27H14F8. The molecule has 0 aromatic heterocycles. The van der Waals surface area contributed by atoms with Crippen molar-refractivity contribution in [3.05, 3.63) is 113 Å². The van der Waals surface area contributed by atoms with Crippen LogP contribution in [0.15, 0.2) is 72.6 Å². The van der Waals surface area contributed by atoms with Crippen LogP contribution in [0.4, 0.5) is 35.1 Å². The second-order valence-electron chi connectivity index (χ2n) is 7.69. The molecule has 4 aromatic carbocycles. The van der Waals surface area contributed by atoms with Gasteiger partial charge in [0.25, 0.3) is 0 Å². The van der Waals surface area contributed by atoms with E-state index in [1.807, 2.05) is 0 Å². The molecule has 4 aromatic rings. The van der Waals surface area contributed by atoms with Gasteiger partial charge in [0.2, 0.25) is 0 Å². The second kappa shape index (κ2) is 9.37. The van der Waals surface area contributed by atoms with Crippen molar-refractivity contribution >= 4 is 5.83 Å². The summed E-state index contributed by atoms with van der Waals surface area (Å²) in [6.07, 6.45) is 0. The van der Waals surface area contributed by atoms with E-state index in [0.717, 1.165) is 25.1 Å². The van der Waals surface area contributed by atoms with E-state index in [1.165, 1.54) is 36.4 Å². The molecule has 0 saturated heterocycles. The molecule has 0 spiro atoms. The van der Waals surface area contributed by atoms with E-state index in [1.54, 1.807) is 0 Å². The van der Waals surface area contributed by atoms with Crippen LogP contribution in [0.5, 0.6) is 0 Å². The van der Waals surface area contributed by atoms with Crippen LogP contribution in [0.3, 0.4) is 0 Å². The fourth-order valence-corrected chi connectivity index (χ4v) is 3.64. The molecule has 0 aliphatic rings. The fourth-order valence-electron chi connectivity index (χ4n) is 3.64. The van der Waals surface area contributed by atoms with Crippen LogP contribution in [0, 0.1) is 34.9 Å². The maximum Gasteiger partial charge on any atom is 0.194 e. The van der Waals surface area contributed by atoms with Crippen molar-refractivity contribution in [2.75, 3.05) is 0 Å². The molecule has 0 bridgehead atoms. The van der Waals surface area contributed by atoms with Crippen LogP contribution < -0.4 is 0 Å². The van der Waals surface area contributed by atoms with Crippen LogP contribution in [0.1, 0.15) is 12.5 Å². The van der Waals surface area contributed by atoms with Crippen LogP contribution in [0.2, 0.25) is 0 Å². The first-order valence-electron chi connectivity index (χ1n) is 10.1. The minimum absolute atomic E-state index is 0.0119. The molecule has 0 saturated carbocycles. The minimum atomic E-state index is -1.78. The fraction of sp³-hybridized carbons (Fsp3) is 0.0370. The van der Waals surface area contributed by atoms with Crippen molar-refractivity contribution in [3.8, 4) is 33.4 Å². The van der Waals surface area contributed by atoms with Gasteiger partial charge in [-0.25, -0.2) is 35.1 Å². The third-order valence-electron chi connectivity index (χ3n) is 5.37. The number of benzene rings is 4. The number of hydrogen-bond donors (Lipinski definition) is 0. The summed E-state index contributed by atoms with van der Waals surface area (Å²) in [4.78, 5) is 0. The maximum atomic E-state index is 14.9. The van der Waals surface area contributed by atoms with E-state index in [9.17, 15) is 35.1 Å². The number of hydrogen-bond acceptors (Lipinski definition) is 0. The summed E-state index contributed by atoms with van der Waals surface area (Å²) in [5, 5.41) is 0. The highest BCUT2D eigenvalue weighted by Gasteiger charge is 2.20. The largest absolute Gasteiger partial charge is 0.209 e. The Hall–Kier alpha value is -3.94. The SMILES string of the molecule is CC(F)=C(F)c1ccc(-c2ccc(-c3cc(F)c(-c4cc(F)c(F)c(F)c4)c(F)c3)c(F)c2)cc1. The van der Waals surface area contributed by atoms with E-state index < -0.39 is 57.7 Å². The Morgan fingerprint density at radius 1 is 0.514 bits per heavy atom. The Bertz CT molecular complexity index is 1420. The summed E-state index contributed by atoms with van der Waals surface area (Å²) in [6, 6.07) is 11.9. The Morgan fingerprint density at radius 2 is 1.00 bits per heavy atom. The van der Waals surface area contributed by atoms with Crippen molar-refractivity contribution < 1.29 is 35.1 Å². The first kappa shape index (κ1) is 24.2. The van der Waals surface area contributed by atoms with Crippen molar-refractivity contribution in [3.63, 3.8) is 0 Å². The van der Waals surface area contributed by atoms with E-state index in [4.69, 9.17) is 0 Å². The lowest BCUT2D eigenvalue weighted by molar-refractivity contribution is 0.447. The molecule has 0 N–H and O–H groups in total. The lowest BCUT2D eigenvalue weighted by atomic mass is 9.96. The zero-order valence-corrected chi connectivity index (χ0v) is 17.9. The minimum Gasteiger partial charge on any atom is -0.209 e. The molecule has 35 heavy (non-hydrogen) atoms. The third-order valence-corrected chi connectivity index (χ3v) is 5.37. The number of halogens is 8. The van der Waals surface area contributed by atoms with Gasteiger partial charge in [-0.15, -0.1) is 0 Å². The van der Waals surface area contributed by atoms with E-state index in [-0.39, 0.29) is 16.7 Å². The van der Waals surface area contributed by atoms with E-state index >= 15 is 0 Å². The van der Waals surface area contributed by atoms with Gasteiger partial charge in [-0.1, -0.05) is 36.4 Å². The summed E-state index contributed by atoms with van der Waals surface area (Å²) in [6.45, 7) is 0.978.